The van der Waals surface area contributed by atoms with Crippen molar-refractivity contribution >= 4 is 69.5 Å². The molecular weight excluding hydrogens is 514 g/mol. The maximum atomic E-state index is 11.6. The normalized spacial score (nSPS) is 10.8. The number of halogens is 2. The standard InChI is InChI=1S/C15H15ClIN6O2P.C2H6/c1-25-15(24)10-2-9(6-18)13(20-7-10)21-12-4-8(3-11(16)5-12)14(22-19)23-26-17;1-2/h2-7,18,26H,19H2,1H3,(H,20,21)(H,22,23);1-2H3. The van der Waals surface area contributed by atoms with Gasteiger partial charge in [0.1, 0.15) is 5.82 Å². The average Bonchev–Trinajstić information content (AvgIpc) is 2.72. The molecular formula is C17H21ClIN6O2P. The molecule has 0 bridgehead atoms. The van der Waals surface area contributed by atoms with E-state index in [4.69, 9.17) is 22.9 Å². The van der Waals surface area contributed by atoms with E-state index in [9.17, 15) is 4.79 Å². The smallest absolute Gasteiger partial charge is 0.339 e. The number of ether oxygens (including phenoxy) is 1. The first-order valence-corrected chi connectivity index (χ1v) is 12.6. The molecule has 11 heteroatoms. The number of nitrogens with one attached hydrogen (secondary N) is 3. The number of hydrogen-bond acceptors (Lipinski definition) is 7. The van der Waals surface area contributed by atoms with Crippen molar-refractivity contribution in [2.75, 3.05) is 12.4 Å². The number of rotatable bonds is 6. The second kappa shape index (κ2) is 12.5. The molecule has 0 amide bonds. The Kier molecular flexibility index (Phi) is 10.7. The fourth-order valence-corrected chi connectivity index (χ4v) is 3.38. The number of carbonyl (C=O) groups is 1. The Bertz CT molecular complexity index is 866. The van der Waals surface area contributed by atoms with Crippen molar-refractivity contribution in [3.63, 3.8) is 0 Å². The van der Waals surface area contributed by atoms with Gasteiger partial charge in [-0.2, -0.15) is 5.10 Å². The first-order valence-electron chi connectivity index (χ1n) is 8.08. The SMILES string of the molecule is CC.COC(=O)c1cnc(Nc2cc(Cl)cc(/C(=N/N)NPI)c2)c(C=N)c1. The summed E-state index contributed by atoms with van der Waals surface area (Å²) in [5.41, 5.74) is 2.02. The summed E-state index contributed by atoms with van der Waals surface area (Å²) in [6.07, 6.45) is 2.86. The number of methoxy groups -OCH3 is 1. The fourth-order valence-electron chi connectivity index (χ4n) is 2.08. The topological polar surface area (TPSA) is 125 Å². The lowest BCUT2D eigenvalue weighted by Crippen LogP contribution is -2.17. The number of amidine groups is 1. The van der Waals surface area contributed by atoms with E-state index in [1.165, 1.54) is 19.4 Å². The number of esters is 1. The minimum absolute atomic E-state index is 0.258. The zero-order valence-corrected chi connectivity index (χ0v) is 19.4. The van der Waals surface area contributed by atoms with Crippen LogP contribution < -0.4 is 16.2 Å². The molecule has 1 unspecified atom stereocenters. The van der Waals surface area contributed by atoms with Crippen molar-refractivity contribution in [3.8, 4) is 0 Å². The van der Waals surface area contributed by atoms with Gasteiger partial charge in [0.25, 0.3) is 0 Å². The number of nitrogens with two attached hydrogens (primary N) is 1. The predicted molar refractivity (Wildman–Crippen MR) is 126 cm³/mol. The van der Waals surface area contributed by atoms with Crippen LogP contribution in [0, 0.1) is 5.41 Å². The molecule has 28 heavy (non-hydrogen) atoms. The van der Waals surface area contributed by atoms with Gasteiger partial charge in [-0.25, -0.2) is 9.78 Å². The van der Waals surface area contributed by atoms with E-state index in [-0.39, 0.29) is 5.56 Å². The molecule has 2 aromatic rings. The molecule has 0 aliphatic heterocycles. The van der Waals surface area contributed by atoms with E-state index in [1.54, 1.807) is 18.2 Å². The van der Waals surface area contributed by atoms with Crippen LogP contribution in [0.1, 0.15) is 35.3 Å². The fraction of sp³-hybridized carbons (Fsp3) is 0.176. The second-order valence-electron chi connectivity index (χ2n) is 4.85. The van der Waals surface area contributed by atoms with Crippen LogP contribution in [-0.2, 0) is 4.74 Å². The van der Waals surface area contributed by atoms with Crippen molar-refractivity contribution in [3.05, 3.63) is 52.2 Å². The molecule has 1 aromatic carbocycles. The monoisotopic (exact) mass is 534 g/mol. The van der Waals surface area contributed by atoms with E-state index in [0.717, 1.165) is 6.21 Å². The molecule has 2 rings (SSSR count). The van der Waals surface area contributed by atoms with Gasteiger partial charge in [-0.1, -0.05) is 25.4 Å². The minimum Gasteiger partial charge on any atom is -0.465 e. The molecule has 5 N–H and O–H groups in total. The van der Waals surface area contributed by atoms with E-state index < -0.39 is 5.97 Å². The lowest BCUT2D eigenvalue weighted by molar-refractivity contribution is 0.0600. The van der Waals surface area contributed by atoms with Gasteiger partial charge < -0.3 is 26.4 Å². The third-order valence-corrected chi connectivity index (χ3v) is 4.58. The molecule has 0 fully saturated rings. The van der Waals surface area contributed by atoms with Crippen LogP contribution in [0.25, 0.3) is 0 Å². The summed E-state index contributed by atoms with van der Waals surface area (Å²) >= 11 is 8.36. The molecule has 1 atom stereocenters. The Morgan fingerprint density at radius 1 is 1.36 bits per heavy atom. The number of anilines is 2. The number of pyridine rings is 1. The van der Waals surface area contributed by atoms with Crippen LogP contribution in [0.2, 0.25) is 5.02 Å². The molecule has 1 aromatic heterocycles. The van der Waals surface area contributed by atoms with E-state index in [2.05, 4.69) is 47.3 Å². The average molecular weight is 535 g/mol. The molecule has 0 radical (unpaired) electrons. The Morgan fingerprint density at radius 3 is 2.64 bits per heavy atom. The van der Waals surface area contributed by atoms with Gasteiger partial charge in [0, 0.05) is 40.6 Å². The predicted octanol–water partition coefficient (Wildman–Crippen LogP) is 4.44. The summed E-state index contributed by atoms with van der Waals surface area (Å²) < 4.78 is 4.66. The first-order chi connectivity index (χ1) is 13.5. The van der Waals surface area contributed by atoms with Gasteiger partial charge >= 0.3 is 5.97 Å². The molecule has 0 saturated carbocycles. The van der Waals surface area contributed by atoms with Crippen LogP contribution >= 0.6 is 40.0 Å². The van der Waals surface area contributed by atoms with Crippen molar-refractivity contribution in [1.29, 1.82) is 5.41 Å². The number of hydrogen-bond donors (Lipinski definition) is 4. The zero-order valence-electron chi connectivity index (χ0n) is 15.5. The van der Waals surface area contributed by atoms with Crippen LogP contribution in [0.3, 0.4) is 0 Å². The molecule has 0 aliphatic rings. The Hall–Kier alpha value is -1.97. The first kappa shape index (κ1) is 24.1. The van der Waals surface area contributed by atoms with Gasteiger partial charge in [0.2, 0.25) is 0 Å². The summed E-state index contributed by atoms with van der Waals surface area (Å²) in [5.74, 6) is 5.81. The zero-order chi connectivity index (χ0) is 21.1. The van der Waals surface area contributed by atoms with Gasteiger partial charge in [-0.15, -0.1) is 0 Å². The largest absolute Gasteiger partial charge is 0.465 e. The molecule has 0 saturated heterocycles. The highest BCUT2D eigenvalue weighted by atomic mass is 127. The lowest BCUT2D eigenvalue weighted by Gasteiger charge is -2.12. The molecule has 1 heterocycles. The lowest BCUT2D eigenvalue weighted by atomic mass is 10.1. The van der Waals surface area contributed by atoms with E-state index >= 15 is 0 Å². The summed E-state index contributed by atoms with van der Waals surface area (Å²) in [6, 6.07) is 6.75. The molecule has 0 aliphatic carbocycles. The quantitative estimate of drug-likeness (QED) is 0.0826. The summed E-state index contributed by atoms with van der Waals surface area (Å²) in [4.78, 5) is 15.8. The van der Waals surface area contributed by atoms with Crippen LogP contribution in [0.5, 0.6) is 0 Å². The number of benzene rings is 1. The number of carbonyl (C=O) groups excluding carboxylic acids is 1. The van der Waals surface area contributed by atoms with Crippen LogP contribution in [0.15, 0.2) is 35.6 Å². The third-order valence-electron chi connectivity index (χ3n) is 3.22. The van der Waals surface area contributed by atoms with Crippen molar-refractivity contribution < 1.29 is 9.53 Å². The Balaban J connectivity index is 0.00000190. The molecule has 0 spiro atoms. The number of aromatic nitrogens is 1. The van der Waals surface area contributed by atoms with E-state index in [0.29, 0.717) is 39.9 Å². The Labute approximate surface area is 183 Å². The number of hydrazone groups is 1. The minimum atomic E-state index is -0.522. The van der Waals surface area contributed by atoms with Crippen LogP contribution in [-0.4, -0.2) is 30.1 Å². The highest BCUT2D eigenvalue weighted by Crippen LogP contribution is 2.25. The van der Waals surface area contributed by atoms with Gasteiger partial charge in [0.05, 0.1) is 12.7 Å². The highest BCUT2D eigenvalue weighted by molar-refractivity contribution is 14.2. The van der Waals surface area contributed by atoms with Crippen molar-refractivity contribution in [1.82, 2.24) is 10.1 Å². The molecule has 8 nitrogen and oxygen atoms in total. The Morgan fingerprint density at radius 2 is 2.07 bits per heavy atom. The van der Waals surface area contributed by atoms with Gasteiger partial charge in [-0.3, -0.25) is 0 Å². The molecule has 150 valence electrons. The van der Waals surface area contributed by atoms with Crippen molar-refractivity contribution in [2.24, 2.45) is 10.9 Å². The van der Waals surface area contributed by atoms with Crippen LogP contribution in [0.4, 0.5) is 11.5 Å². The third kappa shape index (κ3) is 6.57. The van der Waals surface area contributed by atoms with Gasteiger partial charge in [-0.05, 0) is 46.3 Å². The van der Waals surface area contributed by atoms with Gasteiger partial charge in [0.15, 0.2) is 5.84 Å². The summed E-state index contributed by atoms with van der Waals surface area (Å²) in [5, 5.41) is 17.9. The van der Waals surface area contributed by atoms with Crippen molar-refractivity contribution in [2.45, 2.75) is 13.8 Å². The summed E-state index contributed by atoms with van der Waals surface area (Å²) in [6.45, 7) is 4.00. The maximum absolute atomic E-state index is 11.6. The maximum Gasteiger partial charge on any atom is 0.339 e. The van der Waals surface area contributed by atoms with E-state index in [1.807, 2.05) is 13.8 Å². The highest BCUT2D eigenvalue weighted by Gasteiger charge is 2.12. The summed E-state index contributed by atoms with van der Waals surface area (Å²) in [7, 11) is 1.28. The number of nitrogens with zero attached hydrogens (tertiary/aromatic N) is 2. The second-order valence-corrected chi connectivity index (χ2v) is 7.34.